The predicted molar refractivity (Wildman–Crippen MR) is 86.3 cm³/mol. The monoisotopic (exact) mass is 320 g/mol. The molecule has 0 unspecified atom stereocenters. The number of hydrogen-bond donors (Lipinski definition) is 2. The van der Waals surface area contributed by atoms with Crippen molar-refractivity contribution < 1.29 is 19.4 Å². The molecule has 0 saturated carbocycles. The van der Waals surface area contributed by atoms with Gasteiger partial charge in [0.15, 0.2) is 0 Å². The SMILES string of the molecule is CC(=O)NCCOc1ccc(C(=O)N2C[C@@H](C)[C@@](C)(O)C2)cc1. The van der Waals surface area contributed by atoms with Gasteiger partial charge in [-0.2, -0.15) is 0 Å². The van der Waals surface area contributed by atoms with Gasteiger partial charge in [-0.1, -0.05) is 6.92 Å². The van der Waals surface area contributed by atoms with Crippen molar-refractivity contribution in [1.82, 2.24) is 10.2 Å². The topological polar surface area (TPSA) is 78.9 Å². The van der Waals surface area contributed by atoms with Crippen molar-refractivity contribution >= 4 is 11.8 Å². The second-order valence-electron chi connectivity index (χ2n) is 6.30. The third-order valence-corrected chi connectivity index (χ3v) is 4.20. The maximum atomic E-state index is 12.5. The minimum atomic E-state index is -0.831. The number of rotatable bonds is 5. The summed E-state index contributed by atoms with van der Waals surface area (Å²) in [5, 5.41) is 12.8. The lowest BCUT2D eigenvalue weighted by molar-refractivity contribution is -0.119. The highest BCUT2D eigenvalue weighted by Gasteiger charge is 2.40. The van der Waals surface area contributed by atoms with Gasteiger partial charge in [0.1, 0.15) is 12.4 Å². The van der Waals surface area contributed by atoms with Crippen LogP contribution in [0.5, 0.6) is 5.75 Å². The summed E-state index contributed by atoms with van der Waals surface area (Å²) in [6, 6.07) is 6.90. The van der Waals surface area contributed by atoms with Gasteiger partial charge in [-0.25, -0.2) is 0 Å². The van der Waals surface area contributed by atoms with E-state index in [1.807, 2.05) is 6.92 Å². The van der Waals surface area contributed by atoms with Gasteiger partial charge in [0.25, 0.3) is 5.91 Å². The second-order valence-corrected chi connectivity index (χ2v) is 6.30. The van der Waals surface area contributed by atoms with Crippen LogP contribution in [-0.4, -0.2) is 53.7 Å². The Balaban J connectivity index is 1.89. The van der Waals surface area contributed by atoms with Crippen LogP contribution in [0.25, 0.3) is 0 Å². The number of carbonyl (C=O) groups is 2. The summed E-state index contributed by atoms with van der Waals surface area (Å²) < 4.78 is 5.49. The summed E-state index contributed by atoms with van der Waals surface area (Å²) in [6.45, 7) is 6.88. The molecule has 1 aromatic carbocycles. The molecule has 23 heavy (non-hydrogen) atoms. The molecular formula is C17H24N2O4. The molecule has 0 bridgehead atoms. The van der Waals surface area contributed by atoms with Crippen LogP contribution in [0.15, 0.2) is 24.3 Å². The summed E-state index contributed by atoms with van der Waals surface area (Å²) in [5.74, 6) is 0.529. The van der Waals surface area contributed by atoms with Crippen LogP contribution >= 0.6 is 0 Å². The van der Waals surface area contributed by atoms with Crippen molar-refractivity contribution in [2.24, 2.45) is 5.92 Å². The number of carbonyl (C=O) groups excluding carboxylic acids is 2. The van der Waals surface area contributed by atoms with Gasteiger partial charge in [0.2, 0.25) is 5.91 Å². The van der Waals surface area contributed by atoms with Gasteiger partial charge in [-0.15, -0.1) is 0 Å². The molecule has 0 aliphatic carbocycles. The van der Waals surface area contributed by atoms with Crippen molar-refractivity contribution in [1.29, 1.82) is 0 Å². The van der Waals surface area contributed by atoms with Crippen molar-refractivity contribution in [3.8, 4) is 5.75 Å². The molecule has 0 spiro atoms. The van der Waals surface area contributed by atoms with Crippen LogP contribution in [0.1, 0.15) is 31.1 Å². The van der Waals surface area contributed by atoms with Crippen LogP contribution in [0.4, 0.5) is 0 Å². The third kappa shape index (κ3) is 4.45. The normalized spacial score (nSPS) is 23.7. The zero-order chi connectivity index (χ0) is 17.0. The Hall–Kier alpha value is -2.08. The first kappa shape index (κ1) is 17.3. The molecule has 6 heteroatoms. The molecule has 2 rings (SSSR count). The first-order valence-corrected chi connectivity index (χ1v) is 7.78. The molecule has 2 N–H and O–H groups in total. The Morgan fingerprint density at radius 3 is 2.57 bits per heavy atom. The Bertz CT molecular complexity index is 568. The number of nitrogens with one attached hydrogen (secondary N) is 1. The maximum absolute atomic E-state index is 12.5. The van der Waals surface area contributed by atoms with E-state index in [2.05, 4.69) is 5.32 Å². The molecule has 126 valence electrons. The zero-order valence-corrected chi connectivity index (χ0v) is 13.8. The zero-order valence-electron chi connectivity index (χ0n) is 13.8. The molecular weight excluding hydrogens is 296 g/mol. The van der Waals surface area contributed by atoms with E-state index in [4.69, 9.17) is 4.74 Å². The molecule has 0 radical (unpaired) electrons. The number of nitrogens with zero attached hydrogens (tertiary/aromatic N) is 1. The lowest BCUT2D eigenvalue weighted by Gasteiger charge is -2.20. The lowest BCUT2D eigenvalue weighted by Crippen LogP contribution is -2.35. The minimum absolute atomic E-state index is 0.0582. The minimum Gasteiger partial charge on any atom is -0.492 e. The average molecular weight is 320 g/mol. The van der Waals surface area contributed by atoms with Crippen molar-refractivity contribution in [2.45, 2.75) is 26.4 Å². The molecule has 1 aliphatic rings. The van der Waals surface area contributed by atoms with Crippen LogP contribution < -0.4 is 10.1 Å². The Kier molecular flexibility index (Phi) is 5.26. The van der Waals surface area contributed by atoms with E-state index in [-0.39, 0.29) is 17.7 Å². The summed E-state index contributed by atoms with van der Waals surface area (Å²) in [7, 11) is 0. The number of β-amino-alcohol motifs (C(OH)–C–C–N with tert-alkyl or cyclic N) is 1. The van der Waals surface area contributed by atoms with Gasteiger partial charge < -0.3 is 20.1 Å². The summed E-state index contributed by atoms with van der Waals surface area (Å²) in [4.78, 5) is 24.9. The molecule has 0 aromatic heterocycles. The Morgan fingerprint density at radius 2 is 2.04 bits per heavy atom. The van der Waals surface area contributed by atoms with Gasteiger partial charge in [-0.3, -0.25) is 9.59 Å². The van der Waals surface area contributed by atoms with Crippen molar-refractivity contribution in [3.63, 3.8) is 0 Å². The van der Waals surface area contributed by atoms with E-state index in [9.17, 15) is 14.7 Å². The molecule has 1 fully saturated rings. The van der Waals surface area contributed by atoms with Crippen LogP contribution in [0.2, 0.25) is 0 Å². The van der Waals surface area contributed by atoms with Crippen LogP contribution in [0.3, 0.4) is 0 Å². The predicted octanol–water partition coefficient (Wildman–Crippen LogP) is 1.04. The second kappa shape index (κ2) is 7.00. The first-order chi connectivity index (χ1) is 10.8. The molecule has 1 aromatic rings. The van der Waals surface area contributed by atoms with E-state index >= 15 is 0 Å². The highest BCUT2D eigenvalue weighted by molar-refractivity contribution is 5.94. The highest BCUT2D eigenvalue weighted by Crippen LogP contribution is 2.28. The molecule has 1 saturated heterocycles. The molecule has 1 heterocycles. The standard InChI is InChI=1S/C17H24N2O4/c1-12-10-19(11-17(12,3)22)16(21)14-4-6-15(7-5-14)23-9-8-18-13(2)20/h4-7,12,22H,8-11H2,1-3H3,(H,18,20)/t12-,17+/m1/s1. The summed E-state index contributed by atoms with van der Waals surface area (Å²) >= 11 is 0. The highest BCUT2D eigenvalue weighted by atomic mass is 16.5. The van der Waals surface area contributed by atoms with E-state index < -0.39 is 5.60 Å². The van der Waals surface area contributed by atoms with Gasteiger partial charge >= 0.3 is 0 Å². The maximum Gasteiger partial charge on any atom is 0.253 e. The van der Waals surface area contributed by atoms with Crippen molar-refractivity contribution in [2.75, 3.05) is 26.2 Å². The Morgan fingerprint density at radius 1 is 1.39 bits per heavy atom. The summed E-state index contributed by atoms with van der Waals surface area (Å²) in [6.07, 6.45) is 0. The third-order valence-electron chi connectivity index (χ3n) is 4.20. The fraction of sp³-hybridized carbons (Fsp3) is 0.529. The molecule has 2 atom stereocenters. The molecule has 1 aliphatic heterocycles. The number of likely N-dealkylation sites (tertiary alicyclic amines) is 1. The largest absolute Gasteiger partial charge is 0.492 e. The van der Waals surface area contributed by atoms with E-state index in [1.54, 1.807) is 36.1 Å². The number of benzene rings is 1. The van der Waals surface area contributed by atoms with Gasteiger partial charge in [0.05, 0.1) is 12.1 Å². The van der Waals surface area contributed by atoms with Crippen LogP contribution in [-0.2, 0) is 4.79 Å². The van der Waals surface area contributed by atoms with E-state index in [0.29, 0.717) is 37.6 Å². The molecule has 2 amide bonds. The number of amides is 2. The Labute approximate surface area is 136 Å². The van der Waals surface area contributed by atoms with Gasteiger partial charge in [-0.05, 0) is 31.2 Å². The first-order valence-electron chi connectivity index (χ1n) is 7.78. The smallest absolute Gasteiger partial charge is 0.253 e. The fourth-order valence-electron chi connectivity index (χ4n) is 2.56. The number of aliphatic hydroxyl groups is 1. The fourth-order valence-corrected chi connectivity index (χ4v) is 2.56. The number of hydrogen-bond acceptors (Lipinski definition) is 4. The van der Waals surface area contributed by atoms with Crippen molar-refractivity contribution in [3.05, 3.63) is 29.8 Å². The van der Waals surface area contributed by atoms with Crippen LogP contribution in [0, 0.1) is 5.92 Å². The molecule has 6 nitrogen and oxygen atoms in total. The number of ether oxygens (including phenoxy) is 1. The average Bonchev–Trinajstić information content (AvgIpc) is 2.77. The summed E-state index contributed by atoms with van der Waals surface area (Å²) in [5.41, 5.74) is -0.258. The lowest BCUT2D eigenvalue weighted by atomic mass is 9.95. The van der Waals surface area contributed by atoms with E-state index in [0.717, 1.165) is 0 Å². The van der Waals surface area contributed by atoms with Gasteiger partial charge in [0, 0.05) is 31.5 Å². The van der Waals surface area contributed by atoms with E-state index in [1.165, 1.54) is 6.92 Å². The quantitative estimate of drug-likeness (QED) is 0.795.